The standard InChI is InChI=1S/C15H17N5OS4/c1-3-6-23-9-4-5-10-11(7-9)17-13(16-10)18-12(21)8-24-15-19-14(22-2)20-25-15/h4-5,7H,3,6,8H2,1-2H3,(H2,16,17,18,21). The number of amides is 1. The number of anilines is 1. The Morgan fingerprint density at radius 3 is 2.96 bits per heavy atom. The normalized spacial score (nSPS) is 11.1. The molecule has 0 aliphatic rings. The molecule has 0 atom stereocenters. The number of hydrogen-bond acceptors (Lipinski definition) is 8. The molecule has 1 amide bonds. The van der Waals surface area contributed by atoms with Crippen LogP contribution in [0.3, 0.4) is 0 Å². The molecule has 0 fully saturated rings. The van der Waals surface area contributed by atoms with Gasteiger partial charge in [0.15, 0.2) is 4.34 Å². The van der Waals surface area contributed by atoms with Crippen LogP contribution in [0.5, 0.6) is 0 Å². The molecule has 10 heteroatoms. The molecule has 0 radical (unpaired) electrons. The predicted octanol–water partition coefficient (Wildman–Crippen LogP) is 4.37. The summed E-state index contributed by atoms with van der Waals surface area (Å²) in [6, 6.07) is 6.10. The number of benzene rings is 1. The number of carbonyl (C=O) groups excluding carboxylic acids is 1. The van der Waals surface area contributed by atoms with Crippen LogP contribution >= 0.6 is 46.8 Å². The highest BCUT2D eigenvalue weighted by Crippen LogP contribution is 2.25. The van der Waals surface area contributed by atoms with E-state index in [0.717, 1.165) is 32.7 Å². The van der Waals surface area contributed by atoms with Gasteiger partial charge in [0.25, 0.3) is 0 Å². The Kier molecular flexibility index (Phi) is 6.63. The Balaban J connectivity index is 1.58. The van der Waals surface area contributed by atoms with E-state index < -0.39 is 0 Å². The van der Waals surface area contributed by atoms with Gasteiger partial charge in [-0.1, -0.05) is 30.4 Å². The van der Waals surface area contributed by atoms with Gasteiger partial charge in [-0.05, 0) is 48.2 Å². The number of fused-ring (bicyclic) bond motifs is 1. The lowest BCUT2D eigenvalue weighted by Crippen LogP contribution is -2.14. The molecule has 0 saturated carbocycles. The smallest absolute Gasteiger partial charge is 0.237 e. The number of nitrogens with one attached hydrogen (secondary N) is 2. The van der Waals surface area contributed by atoms with Gasteiger partial charge in [0.1, 0.15) is 0 Å². The number of aromatic nitrogens is 4. The molecular formula is C15H17N5OS4. The van der Waals surface area contributed by atoms with Gasteiger partial charge in [-0.2, -0.15) is 4.37 Å². The minimum absolute atomic E-state index is 0.120. The highest BCUT2D eigenvalue weighted by molar-refractivity contribution is 8.01. The third-order valence-electron chi connectivity index (χ3n) is 3.08. The molecule has 0 bridgehead atoms. The van der Waals surface area contributed by atoms with Crippen molar-refractivity contribution in [3.63, 3.8) is 0 Å². The molecule has 0 unspecified atom stereocenters. The Morgan fingerprint density at radius 2 is 2.20 bits per heavy atom. The van der Waals surface area contributed by atoms with Gasteiger partial charge in [-0.15, -0.1) is 11.8 Å². The van der Waals surface area contributed by atoms with E-state index in [1.807, 2.05) is 24.1 Å². The van der Waals surface area contributed by atoms with Crippen molar-refractivity contribution in [3.8, 4) is 0 Å². The molecule has 132 valence electrons. The maximum atomic E-state index is 12.1. The van der Waals surface area contributed by atoms with Crippen molar-refractivity contribution in [2.24, 2.45) is 0 Å². The van der Waals surface area contributed by atoms with Gasteiger partial charge in [-0.25, -0.2) is 9.97 Å². The number of imidazole rings is 1. The molecule has 3 aromatic rings. The predicted molar refractivity (Wildman–Crippen MR) is 108 cm³/mol. The number of carbonyl (C=O) groups is 1. The Labute approximate surface area is 162 Å². The van der Waals surface area contributed by atoms with Crippen molar-refractivity contribution in [2.75, 3.05) is 23.1 Å². The minimum atomic E-state index is -0.120. The molecule has 2 aromatic heterocycles. The zero-order valence-electron chi connectivity index (χ0n) is 13.7. The van der Waals surface area contributed by atoms with Crippen molar-refractivity contribution in [1.29, 1.82) is 0 Å². The number of rotatable bonds is 8. The van der Waals surface area contributed by atoms with Crippen LogP contribution in [0.25, 0.3) is 11.0 Å². The summed E-state index contributed by atoms with van der Waals surface area (Å²) in [5.41, 5.74) is 1.77. The summed E-state index contributed by atoms with van der Waals surface area (Å²) in [6.45, 7) is 2.16. The SMILES string of the molecule is CCCSc1ccc2nc(NC(=O)CSc3nc(SC)ns3)[nH]c2c1. The number of thioether (sulfide) groups is 3. The average Bonchev–Trinajstić information content (AvgIpc) is 3.23. The van der Waals surface area contributed by atoms with Gasteiger partial charge in [0, 0.05) is 4.90 Å². The van der Waals surface area contributed by atoms with E-state index in [9.17, 15) is 4.79 Å². The quantitative estimate of drug-likeness (QED) is 0.533. The first kappa shape index (κ1) is 18.6. The minimum Gasteiger partial charge on any atom is -0.324 e. The third kappa shape index (κ3) is 5.13. The molecule has 0 aliphatic carbocycles. The van der Waals surface area contributed by atoms with E-state index in [1.54, 1.807) is 0 Å². The number of H-pyrrole nitrogens is 1. The number of hydrogen-bond donors (Lipinski definition) is 2. The lowest BCUT2D eigenvalue weighted by atomic mass is 10.3. The van der Waals surface area contributed by atoms with Gasteiger partial charge in [-0.3, -0.25) is 10.1 Å². The summed E-state index contributed by atoms with van der Waals surface area (Å²) in [5, 5.41) is 3.54. The molecular weight excluding hydrogens is 394 g/mol. The van der Waals surface area contributed by atoms with Crippen LogP contribution < -0.4 is 5.32 Å². The van der Waals surface area contributed by atoms with Crippen LogP contribution in [0.1, 0.15) is 13.3 Å². The monoisotopic (exact) mass is 411 g/mol. The van der Waals surface area contributed by atoms with E-state index in [1.165, 1.54) is 40.0 Å². The van der Waals surface area contributed by atoms with Crippen LogP contribution in [0.15, 0.2) is 32.6 Å². The first-order chi connectivity index (χ1) is 12.2. The summed E-state index contributed by atoms with van der Waals surface area (Å²) in [5.74, 6) is 1.72. The second-order valence-corrected chi connectivity index (χ2v) is 8.91. The molecule has 2 heterocycles. The number of aromatic amines is 1. The summed E-state index contributed by atoms with van der Waals surface area (Å²) >= 11 is 5.99. The summed E-state index contributed by atoms with van der Waals surface area (Å²) < 4.78 is 4.97. The zero-order chi connectivity index (χ0) is 17.6. The van der Waals surface area contributed by atoms with Crippen LogP contribution in [0, 0.1) is 0 Å². The molecule has 25 heavy (non-hydrogen) atoms. The highest BCUT2D eigenvalue weighted by Gasteiger charge is 2.10. The van der Waals surface area contributed by atoms with Crippen LogP contribution in [-0.4, -0.2) is 43.0 Å². The fourth-order valence-electron chi connectivity index (χ4n) is 1.99. The molecule has 1 aromatic carbocycles. The Morgan fingerprint density at radius 1 is 1.32 bits per heavy atom. The van der Waals surface area contributed by atoms with Gasteiger partial charge >= 0.3 is 0 Å². The van der Waals surface area contributed by atoms with Crippen LogP contribution in [0.4, 0.5) is 5.95 Å². The van der Waals surface area contributed by atoms with Crippen LogP contribution in [-0.2, 0) is 4.79 Å². The maximum absolute atomic E-state index is 12.1. The second kappa shape index (κ2) is 8.93. The van der Waals surface area contributed by atoms with Crippen LogP contribution in [0.2, 0.25) is 0 Å². The molecule has 2 N–H and O–H groups in total. The summed E-state index contributed by atoms with van der Waals surface area (Å²) in [6.07, 6.45) is 3.06. The highest BCUT2D eigenvalue weighted by atomic mass is 32.2. The van der Waals surface area contributed by atoms with Crippen molar-refractivity contribution < 1.29 is 4.79 Å². The second-order valence-electron chi connectivity index (χ2n) is 5.00. The lowest BCUT2D eigenvalue weighted by Gasteiger charge is -1.99. The Hall–Kier alpha value is -1.23. The first-order valence-corrected chi connectivity index (χ1v) is 11.6. The topological polar surface area (TPSA) is 83.6 Å². The number of nitrogens with zero attached hydrogens (tertiary/aromatic N) is 3. The van der Waals surface area contributed by atoms with Gasteiger partial charge in [0.2, 0.25) is 17.0 Å². The summed E-state index contributed by atoms with van der Waals surface area (Å²) in [4.78, 5) is 25.2. The molecule has 0 spiro atoms. The lowest BCUT2D eigenvalue weighted by molar-refractivity contribution is -0.113. The van der Waals surface area contributed by atoms with Gasteiger partial charge < -0.3 is 4.98 Å². The molecule has 0 saturated heterocycles. The Bertz CT molecular complexity index is 863. The van der Waals surface area contributed by atoms with Crippen molar-refractivity contribution in [1.82, 2.24) is 19.3 Å². The van der Waals surface area contributed by atoms with Crippen molar-refractivity contribution in [2.45, 2.75) is 27.7 Å². The van der Waals surface area contributed by atoms with E-state index in [4.69, 9.17) is 0 Å². The molecule has 0 aliphatic heterocycles. The van der Waals surface area contributed by atoms with E-state index in [-0.39, 0.29) is 11.7 Å². The summed E-state index contributed by atoms with van der Waals surface area (Å²) in [7, 11) is 0. The maximum Gasteiger partial charge on any atom is 0.237 e. The van der Waals surface area contributed by atoms with Gasteiger partial charge in [0.05, 0.1) is 16.8 Å². The largest absolute Gasteiger partial charge is 0.324 e. The molecule has 6 nitrogen and oxygen atoms in total. The van der Waals surface area contributed by atoms with E-state index in [2.05, 4.69) is 43.7 Å². The fourth-order valence-corrected chi connectivity index (χ4v) is 4.81. The van der Waals surface area contributed by atoms with E-state index in [0.29, 0.717) is 5.95 Å². The zero-order valence-corrected chi connectivity index (χ0v) is 17.0. The van der Waals surface area contributed by atoms with E-state index >= 15 is 0 Å². The third-order valence-corrected chi connectivity index (χ3v) is 6.78. The fraction of sp³-hybridized carbons (Fsp3) is 0.333. The average molecular weight is 412 g/mol. The van der Waals surface area contributed by atoms with Crippen molar-refractivity contribution in [3.05, 3.63) is 18.2 Å². The van der Waals surface area contributed by atoms with Crippen molar-refractivity contribution >= 4 is 69.7 Å². The molecule has 3 rings (SSSR count). The first-order valence-electron chi connectivity index (χ1n) is 7.61.